The Morgan fingerprint density at radius 3 is 1.45 bits per heavy atom. The van der Waals surface area contributed by atoms with Crippen molar-refractivity contribution in [3.63, 3.8) is 0 Å². The quantitative estimate of drug-likeness (QED) is 0.0812. The molecule has 2 unspecified atom stereocenters. The molecule has 0 fully saturated rings. The van der Waals surface area contributed by atoms with Gasteiger partial charge in [-0.1, -0.05) is 114 Å². The first-order chi connectivity index (χ1) is 13.9. The molecule has 0 aromatic carbocycles. The fraction of sp³-hybridized carbons (Fsp3) is 0.920. The zero-order valence-corrected chi connectivity index (χ0v) is 21.1. The Balaban J connectivity index is 3.35. The van der Waals surface area contributed by atoms with Gasteiger partial charge < -0.3 is 4.89 Å². The number of unbranched alkanes of at least 4 members (excludes halogenated alkanes) is 15. The Bertz CT molecular complexity index is 404. The van der Waals surface area contributed by atoms with Crippen molar-refractivity contribution in [3.8, 4) is 0 Å². The van der Waals surface area contributed by atoms with Gasteiger partial charge in [-0.25, -0.2) is 0 Å². The van der Waals surface area contributed by atoms with Gasteiger partial charge in [-0.05, 0) is 19.3 Å². The molecule has 0 bridgehead atoms. The Hall–Kier alpha value is -0.240. The Morgan fingerprint density at radius 2 is 1.07 bits per heavy atom. The topological polar surface area (TPSA) is 40.1 Å². The smallest absolute Gasteiger partial charge is 0.373 e. The standard InChI is InChI=1S/C25H51NO2P/c1-5-6-7-8-9-10-11-12-13-14-15-16-17-18-19-20-21-22-23-24-25(29(27)28)26(2,3)4/h21-22,25H,5-20,23-24H2,1-4H3/q+1. The van der Waals surface area contributed by atoms with Crippen LogP contribution in [0.15, 0.2) is 12.2 Å². The Kier molecular flexibility index (Phi) is 19.5. The highest BCUT2D eigenvalue weighted by Crippen LogP contribution is 2.28. The Labute approximate surface area is 183 Å². The van der Waals surface area contributed by atoms with E-state index < -0.39 is 8.03 Å². The van der Waals surface area contributed by atoms with E-state index in [9.17, 15) is 9.46 Å². The lowest BCUT2D eigenvalue weighted by atomic mass is 10.0. The predicted octanol–water partition coefficient (Wildman–Crippen LogP) is 7.72. The third-order valence-corrected chi connectivity index (χ3v) is 7.31. The van der Waals surface area contributed by atoms with Crippen molar-refractivity contribution in [2.45, 2.75) is 128 Å². The number of allylic oxidation sites excluding steroid dienone is 2. The Morgan fingerprint density at radius 1 is 0.690 bits per heavy atom. The number of quaternary nitrogens is 1. The summed E-state index contributed by atoms with van der Waals surface area (Å²) in [7, 11) is 3.50. The maximum Gasteiger partial charge on any atom is 0.373 e. The molecule has 172 valence electrons. The predicted molar refractivity (Wildman–Crippen MR) is 127 cm³/mol. The molecule has 2 atom stereocenters. The van der Waals surface area contributed by atoms with Crippen LogP contribution in [-0.2, 0) is 4.57 Å². The highest BCUT2D eigenvalue weighted by atomic mass is 31.1. The number of hydrogen-bond acceptors (Lipinski definition) is 2. The summed E-state index contributed by atoms with van der Waals surface area (Å²) < 4.78 is 11.9. The molecule has 0 aliphatic heterocycles. The van der Waals surface area contributed by atoms with Crippen molar-refractivity contribution in [3.05, 3.63) is 12.2 Å². The summed E-state index contributed by atoms with van der Waals surface area (Å²) in [4.78, 5) is 11.4. The van der Waals surface area contributed by atoms with Crippen LogP contribution >= 0.6 is 8.03 Å². The van der Waals surface area contributed by atoms with Crippen molar-refractivity contribution in [1.82, 2.24) is 0 Å². The summed E-state index contributed by atoms with van der Waals surface area (Å²) in [5, 5.41) is 0. The van der Waals surface area contributed by atoms with Gasteiger partial charge in [-0.2, -0.15) is 0 Å². The van der Waals surface area contributed by atoms with Gasteiger partial charge in [0.15, 0.2) is 0 Å². The van der Waals surface area contributed by atoms with Crippen molar-refractivity contribution < 1.29 is 13.9 Å². The van der Waals surface area contributed by atoms with Crippen molar-refractivity contribution in [1.29, 1.82) is 0 Å². The minimum atomic E-state index is -2.36. The molecular formula is C25H51NO2P+. The van der Waals surface area contributed by atoms with E-state index in [0.717, 1.165) is 19.3 Å². The van der Waals surface area contributed by atoms with Gasteiger partial charge >= 0.3 is 8.03 Å². The van der Waals surface area contributed by atoms with E-state index in [4.69, 9.17) is 0 Å². The monoisotopic (exact) mass is 428 g/mol. The highest BCUT2D eigenvalue weighted by molar-refractivity contribution is 7.37. The summed E-state index contributed by atoms with van der Waals surface area (Å²) in [6.07, 6.45) is 28.2. The average Bonchev–Trinajstić information content (AvgIpc) is 2.65. The first-order valence-electron chi connectivity index (χ1n) is 12.5. The van der Waals surface area contributed by atoms with Gasteiger partial charge in [-0.15, -0.1) is 0 Å². The lowest BCUT2D eigenvalue weighted by Gasteiger charge is -2.27. The maximum atomic E-state index is 11.4. The van der Waals surface area contributed by atoms with Gasteiger partial charge in [-0.3, -0.25) is 4.48 Å². The van der Waals surface area contributed by atoms with Crippen molar-refractivity contribution >= 4 is 8.03 Å². The van der Waals surface area contributed by atoms with Crippen molar-refractivity contribution in [2.75, 3.05) is 21.1 Å². The van der Waals surface area contributed by atoms with Gasteiger partial charge in [0.25, 0.3) is 5.78 Å². The molecule has 4 heteroatoms. The van der Waals surface area contributed by atoms with E-state index in [1.54, 1.807) is 0 Å². The van der Waals surface area contributed by atoms with Crippen LogP contribution in [0.3, 0.4) is 0 Å². The molecule has 3 nitrogen and oxygen atoms in total. The van der Waals surface area contributed by atoms with Crippen LogP contribution in [0.4, 0.5) is 0 Å². The van der Waals surface area contributed by atoms with Crippen molar-refractivity contribution in [2.24, 2.45) is 0 Å². The van der Waals surface area contributed by atoms with Gasteiger partial charge in [0, 0.05) is 0 Å². The van der Waals surface area contributed by atoms with Gasteiger partial charge in [0.2, 0.25) is 0 Å². The first-order valence-corrected chi connectivity index (χ1v) is 13.7. The fourth-order valence-corrected chi connectivity index (χ4v) is 4.82. The summed E-state index contributed by atoms with van der Waals surface area (Å²) in [5.41, 5.74) is 0. The fourth-order valence-electron chi connectivity index (χ4n) is 3.89. The molecule has 0 saturated heterocycles. The molecule has 0 spiro atoms. The van der Waals surface area contributed by atoms with E-state index in [2.05, 4.69) is 19.1 Å². The van der Waals surface area contributed by atoms with E-state index in [-0.39, 0.29) is 5.78 Å². The minimum Gasteiger partial charge on any atom is -0.591 e. The number of rotatable bonds is 21. The van der Waals surface area contributed by atoms with Gasteiger partial charge in [0.05, 0.1) is 27.6 Å². The van der Waals surface area contributed by atoms with Crippen LogP contribution < -0.4 is 4.89 Å². The summed E-state index contributed by atoms with van der Waals surface area (Å²) in [5.74, 6) is -0.277. The summed E-state index contributed by atoms with van der Waals surface area (Å²) in [6.45, 7) is 2.28. The van der Waals surface area contributed by atoms with Gasteiger partial charge in [0.1, 0.15) is 0 Å². The molecule has 0 aliphatic rings. The molecule has 29 heavy (non-hydrogen) atoms. The first kappa shape index (κ1) is 28.8. The van der Waals surface area contributed by atoms with E-state index >= 15 is 0 Å². The van der Waals surface area contributed by atoms with Crippen LogP contribution in [0, 0.1) is 0 Å². The second kappa shape index (κ2) is 19.7. The van der Waals surface area contributed by atoms with E-state index in [0.29, 0.717) is 4.48 Å². The molecular weight excluding hydrogens is 377 g/mol. The van der Waals surface area contributed by atoms with Crippen LogP contribution in [0.5, 0.6) is 0 Å². The second-order valence-electron chi connectivity index (χ2n) is 9.67. The average molecular weight is 429 g/mol. The molecule has 0 amide bonds. The van der Waals surface area contributed by atoms with Crippen LogP contribution in [0.1, 0.15) is 122 Å². The molecule has 0 aliphatic carbocycles. The normalized spacial score (nSPS) is 13.9. The van der Waals surface area contributed by atoms with Crippen LogP contribution in [0.25, 0.3) is 0 Å². The molecule has 0 saturated carbocycles. The molecule has 0 radical (unpaired) electrons. The molecule has 0 N–H and O–H groups in total. The summed E-state index contributed by atoms with van der Waals surface area (Å²) >= 11 is 0. The van der Waals surface area contributed by atoms with Crippen LogP contribution in [-0.4, -0.2) is 31.4 Å². The summed E-state index contributed by atoms with van der Waals surface area (Å²) in [6, 6.07) is 0. The third kappa shape index (κ3) is 19.5. The van der Waals surface area contributed by atoms with E-state index in [1.165, 1.54) is 96.3 Å². The molecule has 0 heterocycles. The number of nitrogens with zero attached hydrogens (tertiary/aromatic N) is 1. The number of hydrogen-bond donors (Lipinski definition) is 0. The largest absolute Gasteiger partial charge is 0.591 e. The van der Waals surface area contributed by atoms with Crippen LogP contribution in [0.2, 0.25) is 0 Å². The lowest BCUT2D eigenvalue weighted by molar-refractivity contribution is -0.883. The lowest BCUT2D eigenvalue weighted by Crippen LogP contribution is -2.44. The zero-order valence-electron chi connectivity index (χ0n) is 20.2. The third-order valence-electron chi connectivity index (χ3n) is 5.87. The minimum absolute atomic E-state index is 0.277. The maximum absolute atomic E-state index is 11.4. The molecule has 0 rings (SSSR count). The second-order valence-corrected chi connectivity index (χ2v) is 10.8. The SMILES string of the molecule is CCCCCCCCCCCCCCCCCC=CCCC([P+](=O)[O-])[N+](C)(C)C. The van der Waals surface area contributed by atoms with E-state index in [1.807, 2.05) is 21.1 Å². The molecule has 0 aromatic heterocycles. The zero-order chi connectivity index (χ0) is 21.8. The highest BCUT2D eigenvalue weighted by Gasteiger charge is 2.34. The molecule has 0 aromatic rings.